The van der Waals surface area contributed by atoms with Crippen molar-refractivity contribution in [2.75, 3.05) is 13.1 Å². The van der Waals surface area contributed by atoms with Crippen molar-refractivity contribution in [3.63, 3.8) is 0 Å². The van der Waals surface area contributed by atoms with E-state index in [9.17, 15) is 0 Å². The van der Waals surface area contributed by atoms with Crippen molar-refractivity contribution in [2.45, 2.75) is 46.2 Å². The minimum absolute atomic E-state index is 0.683. The van der Waals surface area contributed by atoms with Crippen molar-refractivity contribution in [1.29, 1.82) is 0 Å². The van der Waals surface area contributed by atoms with Gasteiger partial charge < -0.3 is 10.6 Å². The Morgan fingerprint density at radius 1 is 1.47 bits per heavy atom. The molecule has 0 amide bonds. The van der Waals surface area contributed by atoms with E-state index in [4.69, 9.17) is 0 Å². The Labute approximate surface area is 108 Å². The third-order valence-electron chi connectivity index (χ3n) is 3.45. The summed E-state index contributed by atoms with van der Waals surface area (Å²) in [5.41, 5.74) is 1.19. The molecule has 96 valence electrons. The van der Waals surface area contributed by atoms with E-state index >= 15 is 0 Å². The van der Waals surface area contributed by atoms with Gasteiger partial charge in [-0.3, -0.25) is 0 Å². The lowest BCUT2D eigenvalue weighted by atomic mass is 9.93. The lowest BCUT2D eigenvalue weighted by molar-refractivity contribution is 0.304. The first-order chi connectivity index (χ1) is 8.15. The zero-order valence-electron chi connectivity index (χ0n) is 11.0. The number of hydrogen-bond acceptors (Lipinski definition) is 4. The second kappa shape index (κ2) is 5.94. The van der Waals surface area contributed by atoms with Crippen LogP contribution < -0.4 is 10.6 Å². The SMILES string of the molecule is Cc1nc(C)c(CNCC2CCNC(C)C2)s1. The molecule has 2 N–H and O–H groups in total. The molecule has 4 heteroatoms. The smallest absolute Gasteiger partial charge is 0.0900 e. The summed E-state index contributed by atoms with van der Waals surface area (Å²) in [6.45, 7) is 9.76. The lowest BCUT2D eigenvalue weighted by Crippen LogP contribution is -2.39. The van der Waals surface area contributed by atoms with Crippen LogP contribution in [0.5, 0.6) is 0 Å². The van der Waals surface area contributed by atoms with Crippen molar-refractivity contribution in [2.24, 2.45) is 5.92 Å². The summed E-state index contributed by atoms with van der Waals surface area (Å²) in [7, 11) is 0. The van der Waals surface area contributed by atoms with E-state index in [-0.39, 0.29) is 0 Å². The van der Waals surface area contributed by atoms with E-state index in [1.54, 1.807) is 0 Å². The number of aromatic nitrogens is 1. The van der Waals surface area contributed by atoms with Gasteiger partial charge in [-0.05, 0) is 52.6 Å². The third kappa shape index (κ3) is 3.76. The van der Waals surface area contributed by atoms with E-state index in [2.05, 4.69) is 36.4 Å². The number of rotatable bonds is 4. The number of nitrogens with zero attached hydrogens (tertiary/aromatic N) is 1. The van der Waals surface area contributed by atoms with E-state index in [1.165, 1.54) is 35.0 Å². The molecule has 0 spiro atoms. The Hall–Kier alpha value is -0.450. The molecule has 1 aliphatic rings. The summed E-state index contributed by atoms with van der Waals surface area (Å²) in [5, 5.41) is 8.26. The quantitative estimate of drug-likeness (QED) is 0.864. The van der Waals surface area contributed by atoms with Crippen LogP contribution in [0.2, 0.25) is 0 Å². The molecule has 2 heterocycles. The third-order valence-corrected chi connectivity index (χ3v) is 4.52. The summed E-state index contributed by atoms with van der Waals surface area (Å²) in [6.07, 6.45) is 2.60. The maximum atomic E-state index is 4.46. The Morgan fingerprint density at radius 3 is 2.94 bits per heavy atom. The van der Waals surface area contributed by atoms with Crippen LogP contribution in [0.3, 0.4) is 0 Å². The molecule has 17 heavy (non-hydrogen) atoms. The van der Waals surface area contributed by atoms with Crippen LogP contribution in [0.15, 0.2) is 0 Å². The molecule has 3 nitrogen and oxygen atoms in total. The number of piperidine rings is 1. The minimum atomic E-state index is 0.683. The van der Waals surface area contributed by atoms with Crippen LogP contribution in [0.1, 0.15) is 35.3 Å². The second-order valence-electron chi connectivity index (χ2n) is 5.12. The molecule has 2 rings (SSSR count). The maximum Gasteiger partial charge on any atom is 0.0900 e. The van der Waals surface area contributed by atoms with Gasteiger partial charge in [0, 0.05) is 17.5 Å². The van der Waals surface area contributed by atoms with Crippen LogP contribution in [0.25, 0.3) is 0 Å². The zero-order chi connectivity index (χ0) is 12.3. The first kappa shape index (κ1) is 13.0. The Bertz CT molecular complexity index is 362. The molecule has 1 saturated heterocycles. The molecule has 2 unspecified atom stereocenters. The monoisotopic (exact) mass is 253 g/mol. The zero-order valence-corrected chi connectivity index (χ0v) is 11.9. The van der Waals surface area contributed by atoms with Crippen LogP contribution >= 0.6 is 11.3 Å². The molecule has 1 aromatic heterocycles. The summed E-state index contributed by atoms with van der Waals surface area (Å²) < 4.78 is 0. The molecular weight excluding hydrogens is 230 g/mol. The fourth-order valence-electron chi connectivity index (χ4n) is 2.55. The standard InChI is InChI=1S/C13H23N3S/c1-9-6-12(4-5-15-9)7-14-8-13-10(2)16-11(3)17-13/h9,12,14-15H,4-8H2,1-3H3. The molecule has 2 atom stereocenters. The lowest BCUT2D eigenvalue weighted by Gasteiger charge is -2.28. The van der Waals surface area contributed by atoms with Crippen molar-refractivity contribution in [3.05, 3.63) is 15.6 Å². The van der Waals surface area contributed by atoms with Gasteiger partial charge in [-0.1, -0.05) is 0 Å². The average molecular weight is 253 g/mol. The van der Waals surface area contributed by atoms with Gasteiger partial charge in [-0.2, -0.15) is 0 Å². The van der Waals surface area contributed by atoms with Crippen molar-refractivity contribution >= 4 is 11.3 Å². The molecule has 1 aliphatic heterocycles. The van der Waals surface area contributed by atoms with E-state index in [0.717, 1.165) is 19.0 Å². The van der Waals surface area contributed by atoms with Gasteiger partial charge >= 0.3 is 0 Å². The second-order valence-corrected chi connectivity index (χ2v) is 6.41. The number of nitrogens with one attached hydrogen (secondary N) is 2. The number of thiazole rings is 1. The Kier molecular flexibility index (Phi) is 4.54. The predicted molar refractivity (Wildman–Crippen MR) is 73.5 cm³/mol. The Morgan fingerprint density at radius 2 is 2.29 bits per heavy atom. The van der Waals surface area contributed by atoms with Crippen LogP contribution in [-0.2, 0) is 6.54 Å². The minimum Gasteiger partial charge on any atom is -0.314 e. The summed E-state index contributed by atoms with van der Waals surface area (Å²) in [4.78, 5) is 5.85. The molecule has 0 aromatic carbocycles. The molecule has 0 bridgehead atoms. The molecule has 1 fully saturated rings. The van der Waals surface area contributed by atoms with Gasteiger partial charge in [0.1, 0.15) is 0 Å². The van der Waals surface area contributed by atoms with Crippen molar-refractivity contribution in [1.82, 2.24) is 15.6 Å². The van der Waals surface area contributed by atoms with Gasteiger partial charge in [0.05, 0.1) is 10.7 Å². The van der Waals surface area contributed by atoms with E-state index < -0.39 is 0 Å². The molecular formula is C13H23N3S. The molecule has 1 aromatic rings. The van der Waals surface area contributed by atoms with Gasteiger partial charge in [-0.15, -0.1) is 11.3 Å². The largest absolute Gasteiger partial charge is 0.314 e. The van der Waals surface area contributed by atoms with E-state index in [0.29, 0.717) is 6.04 Å². The number of aryl methyl sites for hydroxylation is 2. The highest BCUT2D eigenvalue weighted by atomic mass is 32.1. The summed E-state index contributed by atoms with van der Waals surface area (Å²) in [5.74, 6) is 0.834. The van der Waals surface area contributed by atoms with Crippen LogP contribution in [-0.4, -0.2) is 24.1 Å². The molecule has 0 saturated carbocycles. The van der Waals surface area contributed by atoms with Crippen LogP contribution in [0.4, 0.5) is 0 Å². The average Bonchev–Trinajstić information content (AvgIpc) is 2.58. The van der Waals surface area contributed by atoms with Crippen molar-refractivity contribution < 1.29 is 0 Å². The highest BCUT2D eigenvalue weighted by Crippen LogP contribution is 2.18. The van der Waals surface area contributed by atoms with Gasteiger partial charge in [0.2, 0.25) is 0 Å². The molecule has 0 radical (unpaired) electrons. The fraction of sp³-hybridized carbons (Fsp3) is 0.769. The highest BCUT2D eigenvalue weighted by molar-refractivity contribution is 7.11. The maximum absolute atomic E-state index is 4.46. The fourth-order valence-corrected chi connectivity index (χ4v) is 3.45. The van der Waals surface area contributed by atoms with Gasteiger partial charge in [0.15, 0.2) is 0 Å². The highest BCUT2D eigenvalue weighted by Gasteiger charge is 2.17. The van der Waals surface area contributed by atoms with Gasteiger partial charge in [0.25, 0.3) is 0 Å². The number of hydrogen-bond donors (Lipinski definition) is 2. The van der Waals surface area contributed by atoms with Crippen molar-refractivity contribution in [3.8, 4) is 0 Å². The van der Waals surface area contributed by atoms with E-state index in [1.807, 2.05) is 11.3 Å². The summed E-state index contributed by atoms with van der Waals surface area (Å²) in [6, 6.07) is 0.683. The Balaban J connectivity index is 1.74. The van der Waals surface area contributed by atoms with Gasteiger partial charge in [-0.25, -0.2) is 4.98 Å². The first-order valence-corrected chi connectivity index (χ1v) is 7.34. The normalized spacial score (nSPS) is 25.1. The van der Waals surface area contributed by atoms with Crippen LogP contribution in [0, 0.1) is 19.8 Å². The topological polar surface area (TPSA) is 37.0 Å². The first-order valence-electron chi connectivity index (χ1n) is 6.52. The molecule has 0 aliphatic carbocycles. The summed E-state index contributed by atoms with van der Waals surface area (Å²) >= 11 is 1.82. The predicted octanol–water partition coefficient (Wildman–Crippen LogP) is 2.24.